The number of nitrogens with zero attached hydrogens (tertiary/aromatic N) is 2. The third-order valence-corrected chi connectivity index (χ3v) is 7.97. The summed E-state index contributed by atoms with van der Waals surface area (Å²) in [5.41, 5.74) is 0.882. The number of fused-ring (bicyclic) bond motifs is 1. The molecule has 2 N–H and O–H groups in total. The predicted octanol–water partition coefficient (Wildman–Crippen LogP) is 3.49. The summed E-state index contributed by atoms with van der Waals surface area (Å²) in [5, 5.41) is 12.4. The second-order valence-corrected chi connectivity index (χ2v) is 9.76. The number of hydrogen-bond donors (Lipinski definition) is 2. The maximum Gasteiger partial charge on any atom is 0.242 e. The van der Waals surface area contributed by atoms with Crippen molar-refractivity contribution in [1.82, 2.24) is 13.5 Å². The molecule has 0 saturated heterocycles. The molecular formula is C16H13N3O3S4. The zero-order valence-corrected chi connectivity index (χ0v) is 16.5. The summed E-state index contributed by atoms with van der Waals surface area (Å²) in [4.78, 5) is 2.96. The summed E-state index contributed by atoms with van der Waals surface area (Å²) in [5.74, 6) is 0. The van der Waals surface area contributed by atoms with Crippen LogP contribution in [0.15, 0.2) is 52.7 Å². The Labute approximate surface area is 162 Å². The SMILES string of the molecule is O=S(=O)(NC[C@@H](O)c1ccc(-c2cccs2)s1)c1cccc2nsnc12. The van der Waals surface area contributed by atoms with Gasteiger partial charge in [0.25, 0.3) is 0 Å². The molecule has 10 heteroatoms. The van der Waals surface area contributed by atoms with Gasteiger partial charge in [-0.15, -0.1) is 22.7 Å². The molecule has 3 heterocycles. The van der Waals surface area contributed by atoms with Crippen LogP contribution in [-0.4, -0.2) is 28.8 Å². The van der Waals surface area contributed by atoms with E-state index in [1.807, 2.05) is 29.6 Å². The molecule has 4 rings (SSSR count). The molecule has 3 aromatic heterocycles. The van der Waals surface area contributed by atoms with E-state index in [0.717, 1.165) is 21.5 Å². The first-order valence-corrected chi connectivity index (χ1v) is 11.5. The molecule has 0 saturated carbocycles. The van der Waals surface area contributed by atoms with Crippen molar-refractivity contribution in [3.8, 4) is 9.75 Å². The number of nitrogens with one attached hydrogen (secondary N) is 1. The second kappa shape index (κ2) is 7.14. The van der Waals surface area contributed by atoms with Crippen LogP contribution < -0.4 is 4.72 Å². The van der Waals surface area contributed by atoms with Gasteiger partial charge in [0.1, 0.15) is 22.0 Å². The molecule has 0 aliphatic carbocycles. The van der Waals surface area contributed by atoms with Gasteiger partial charge >= 0.3 is 0 Å². The fourth-order valence-electron chi connectivity index (χ4n) is 2.45. The lowest BCUT2D eigenvalue weighted by atomic mass is 10.3. The molecule has 134 valence electrons. The highest BCUT2D eigenvalue weighted by Gasteiger charge is 2.21. The van der Waals surface area contributed by atoms with Gasteiger partial charge in [-0.05, 0) is 35.7 Å². The van der Waals surface area contributed by atoms with E-state index >= 15 is 0 Å². The van der Waals surface area contributed by atoms with Gasteiger partial charge in [-0.3, -0.25) is 0 Å². The van der Waals surface area contributed by atoms with Gasteiger partial charge in [-0.25, -0.2) is 13.1 Å². The maximum absolute atomic E-state index is 12.6. The van der Waals surface area contributed by atoms with Gasteiger partial charge in [0.05, 0.1) is 11.7 Å². The van der Waals surface area contributed by atoms with Gasteiger partial charge in [-0.2, -0.15) is 8.75 Å². The summed E-state index contributed by atoms with van der Waals surface area (Å²) < 4.78 is 35.8. The van der Waals surface area contributed by atoms with Crippen molar-refractivity contribution in [2.75, 3.05) is 6.54 Å². The molecule has 0 aliphatic heterocycles. The molecule has 0 radical (unpaired) electrons. The van der Waals surface area contributed by atoms with Crippen LogP contribution in [0, 0.1) is 0 Å². The van der Waals surface area contributed by atoms with Gasteiger partial charge < -0.3 is 5.11 Å². The number of aromatic nitrogens is 2. The Morgan fingerprint density at radius 3 is 2.77 bits per heavy atom. The number of sulfonamides is 1. The molecule has 1 atom stereocenters. The topological polar surface area (TPSA) is 92.2 Å². The zero-order chi connectivity index (χ0) is 18.1. The van der Waals surface area contributed by atoms with Crippen molar-refractivity contribution in [3.05, 3.63) is 52.7 Å². The fraction of sp³-hybridized carbons (Fsp3) is 0.125. The number of benzene rings is 1. The first-order chi connectivity index (χ1) is 12.5. The monoisotopic (exact) mass is 423 g/mol. The van der Waals surface area contributed by atoms with Crippen molar-refractivity contribution in [2.24, 2.45) is 0 Å². The summed E-state index contributed by atoms with van der Waals surface area (Å²) in [6.07, 6.45) is -0.920. The van der Waals surface area contributed by atoms with E-state index in [-0.39, 0.29) is 11.4 Å². The third-order valence-electron chi connectivity index (χ3n) is 3.72. The highest BCUT2D eigenvalue weighted by Crippen LogP contribution is 2.34. The minimum atomic E-state index is -3.80. The molecule has 6 nitrogen and oxygen atoms in total. The maximum atomic E-state index is 12.6. The quantitative estimate of drug-likeness (QED) is 0.495. The third kappa shape index (κ3) is 3.43. The lowest BCUT2D eigenvalue weighted by molar-refractivity contribution is 0.186. The Morgan fingerprint density at radius 2 is 1.96 bits per heavy atom. The normalized spacial score (nSPS) is 13.3. The van der Waals surface area contributed by atoms with E-state index in [2.05, 4.69) is 13.5 Å². The number of aliphatic hydroxyl groups excluding tert-OH is 1. The Morgan fingerprint density at radius 1 is 1.08 bits per heavy atom. The fourth-order valence-corrected chi connectivity index (χ4v) is 6.08. The summed E-state index contributed by atoms with van der Waals surface area (Å²) in [7, 11) is -3.80. The molecule has 4 aromatic rings. The summed E-state index contributed by atoms with van der Waals surface area (Å²) in [6.45, 7) is -0.110. The molecule has 1 aromatic carbocycles. The van der Waals surface area contributed by atoms with Crippen molar-refractivity contribution in [3.63, 3.8) is 0 Å². The molecule has 0 bridgehead atoms. The molecule has 0 fully saturated rings. The Bertz CT molecular complexity index is 1130. The van der Waals surface area contributed by atoms with E-state index in [0.29, 0.717) is 15.9 Å². The van der Waals surface area contributed by atoms with Crippen LogP contribution in [0.25, 0.3) is 20.8 Å². The van der Waals surface area contributed by atoms with Gasteiger partial charge in [0, 0.05) is 21.2 Å². The van der Waals surface area contributed by atoms with E-state index in [4.69, 9.17) is 0 Å². The van der Waals surface area contributed by atoms with Gasteiger partial charge in [0.2, 0.25) is 10.0 Å². The summed E-state index contributed by atoms with van der Waals surface area (Å²) in [6, 6.07) is 12.6. The molecule has 0 amide bonds. The van der Waals surface area contributed by atoms with E-state index in [1.54, 1.807) is 23.5 Å². The smallest absolute Gasteiger partial charge is 0.242 e. The van der Waals surface area contributed by atoms with E-state index in [1.165, 1.54) is 17.4 Å². The lowest BCUT2D eigenvalue weighted by Gasteiger charge is -2.11. The van der Waals surface area contributed by atoms with Crippen LogP contribution in [0.5, 0.6) is 0 Å². The van der Waals surface area contributed by atoms with E-state index < -0.39 is 16.1 Å². The van der Waals surface area contributed by atoms with Crippen LogP contribution in [-0.2, 0) is 10.0 Å². The number of rotatable bonds is 6. The van der Waals surface area contributed by atoms with Crippen LogP contribution >= 0.6 is 34.4 Å². The Hall–Kier alpha value is -1.69. The molecular weight excluding hydrogens is 410 g/mol. The Kier molecular flexibility index (Phi) is 4.86. The highest BCUT2D eigenvalue weighted by atomic mass is 32.2. The largest absolute Gasteiger partial charge is 0.386 e. The van der Waals surface area contributed by atoms with Crippen LogP contribution in [0.1, 0.15) is 11.0 Å². The number of hydrogen-bond acceptors (Lipinski definition) is 8. The standard InChI is InChI=1S/C16H13N3O3S4/c20-11(12-6-7-14(24-12)13-4-2-8-23-13)9-17-26(21,22)15-5-1-3-10-16(15)19-25-18-10/h1-8,11,17,20H,9H2/t11-/m1/s1. The summed E-state index contributed by atoms with van der Waals surface area (Å²) >= 11 is 4.04. The molecule has 0 unspecified atom stereocenters. The van der Waals surface area contributed by atoms with Crippen LogP contribution in [0.4, 0.5) is 0 Å². The molecule has 26 heavy (non-hydrogen) atoms. The van der Waals surface area contributed by atoms with Gasteiger partial charge in [-0.1, -0.05) is 12.1 Å². The Balaban J connectivity index is 1.50. The average molecular weight is 424 g/mol. The van der Waals surface area contributed by atoms with E-state index in [9.17, 15) is 13.5 Å². The number of thiophene rings is 2. The minimum absolute atomic E-state index is 0.0707. The molecule has 0 spiro atoms. The van der Waals surface area contributed by atoms with Crippen LogP contribution in [0.3, 0.4) is 0 Å². The van der Waals surface area contributed by atoms with Gasteiger partial charge in [0.15, 0.2) is 0 Å². The van der Waals surface area contributed by atoms with Crippen molar-refractivity contribution in [1.29, 1.82) is 0 Å². The molecule has 0 aliphatic rings. The first-order valence-electron chi connectivity index (χ1n) is 7.57. The number of aliphatic hydroxyl groups is 1. The second-order valence-electron chi connectivity index (χ2n) is 5.44. The van der Waals surface area contributed by atoms with Crippen molar-refractivity contribution in [2.45, 2.75) is 11.0 Å². The lowest BCUT2D eigenvalue weighted by Crippen LogP contribution is -2.28. The van der Waals surface area contributed by atoms with Crippen LogP contribution in [0.2, 0.25) is 0 Å². The highest BCUT2D eigenvalue weighted by molar-refractivity contribution is 7.89. The average Bonchev–Trinajstić information content (AvgIpc) is 3.39. The first kappa shape index (κ1) is 17.7. The zero-order valence-electron chi connectivity index (χ0n) is 13.2. The predicted molar refractivity (Wildman–Crippen MR) is 105 cm³/mol. The van der Waals surface area contributed by atoms with Crippen molar-refractivity contribution >= 4 is 55.5 Å². The van der Waals surface area contributed by atoms with Crippen molar-refractivity contribution < 1.29 is 13.5 Å². The minimum Gasteiger partial charge on any atom is -0.386 e.